The van der Waals surface area contributed by atoms with Crippen LogP contribution in [0.1, 0.15) is 29.0 Å². The van der Waals surface area contributed by atoms with Gasteiger partial charge in [-0.3, -0.25) is 0 Å². The van der Waals surface area contributed by atoms with Crippen molar-refractivity contribution in [3.63, 3.8) is 0 Å². The molecule has 1 aliphatic rings. The molecule has 0 radical (unpaired) electrons. The molecule has 2 aromatic rings. The molecule has 1 heterocycles. The number of aliphatic hydroxyl groups excluding tert-OH is 1. The van der Waals surface area contributed by atoms with E-state index in [1.807, 2.05) is 18.2 Å². The van der Waals surface area contributed by atoms with E-state index in [1.165, 1.54) is 16.7 Å². The van der Waals surface area contributed by atoms with E-state index in [1.54, 1.807) is 7.11 Å². The lowest BCUT2D eigenvalue weighted by atomic mass is 9.84. The molecule has 2 aromatic carbocycles. The first-order valence-electron chi connectivity index (χ1n) is 8.40. The monoisotopic (exact) mass is 327 g/mol. The molecule has 0 amide bonds. The van der Waals surface area contributed by atoms with Gasteiger partial charge in [0.1, 0.15) is 11.5 Å². The van der Waals surface area contributed by atoms with Crippen molar-refractivity contribution in [3.8, 4) is 11.5 Å². The van der Waals surface area contributed by atoms with Gasteiger partial charge in [0.15, 0.2) is 0 Å². The van der Waals surface area contributed by atoms with Crippen LogP contribution in [0.3, 0.4) is 0 Å². The number of rotatable bonds is 6. The quantitative estimate of drug-likeness (QED) is 0.828. The highest BCUT2D eigenvalue weighted by molar-refractivity contribution is 5.45. The molecule has 1 aliphatic heterocycles. The topological polar surface area (TPSA) is 41.9 Å². The molecule has 0 aliphatic carbocycles. The predicted molar refractivity (Wildman–Crippen MR) is 94.8 cm³/mol. The lowest BCUT2D eigenvalue weighted by Gasteiger charge is -2.33. The normalized spacial score (nSPS) is 17.4. The molecule has 1 atom stereocenters. The van der Waals surface area contributed by atoms with Gasteiger partial charge in [0.2, 0.25) is 0 Å². The number of likely N-dealkylation sites (N-methyl/N-ethyl adjacent to an activating group) is 1. The van der Waals surface area contributed by atoms with Crippen LogP contribution in [-0.4, -0.2) is 43.9 Å². The summed E-state index contributed by atoms with van der Waals surface area (Å²) < 4.78 is 11.0. The molecule has 3 rings (SSSR count). The van der Waals surface area contributed by atoms with E-state index in [4.69, 9.17) is 14.6 Å². The van der Waals surface area contributed by atoms with E-state index in [2.05, 4.69) is 36.2 Å². The smallest absolute Gasteiger partial charge is 0.119 e. The van der Waals surface area contributed by atoms with Crippen LogP contribution in [0.4, 0.5) is 0 Å². The van der Waals surface area contributed by atoms with Crippen LogP contribution >= 0.6 is 0 Å². The molecule has 4 nitrogen and oxygen atoms in total. The third-order valence-electron chi connectivity index (χ3n) is 4.51. The Balaban J connectivity index is 1.85. The van der Waals surface area contributed by atoms with Gasteiger partial charge in [-0.1, -0.05) is 18.2 Å². The summed E-state index contributed by atoms with van der Waals surface area (Å²) in [4.78, 5) is 2.34. The van der Waals surface area contributed by atoms with E-state index in [0.717, 1.165) is 24.6 Å². The van der Waals surface area contributed by atoms with Crippen molar-refractivity contribution < 1.29 is 14.6 Å². The van der Waals surface area contributed by atoms with Crippen LogP contribution in [0.5, 0.6) is 11.5 Å². The SMILES string of the molecule is COc1ccc(C2CN(C)Cc3cc(OCCCO)ccc32)cc1. The molecular formula is C20H25NO3. The molecular weight excluding hydrogens is 302 g/mol. The van der Waals surface area contributed by atoms with Gasteiger partial charge in [-0.25, -0.2) is 0 Å². The van der Waals surface area contributed by atoms with E-state index in [0.29, 0.717) is 18.9 Å². The summed E-state index contributed by atoms with van der Waals surface area (Å²) in [6.45, 7) is 2.64. The van der Waals surface area contributed by atoms with Gasteiger partial charge in [0.25, 0.3) is 0 Å². The molecule has 1 N–H and O–H groups in total. The fourth-order valence-electron chi connectivity index (χ4n) is 3.29. The lowest BCUT2D eigenvalue weighted by Crippen LogP contribution is -2.31. The minimum absolute atomic E-state index is 0.160. The van der Waals surface area contributed by atoms with Crippen molar-refractivity contribution >= 4 is 0 Å². The second-order valence-corrected chi connectivity index (χ2v) is 6.31. The van der Waals surface area contributed by atoms with Crippen molar-refractivity contribution in [3.05, 3.63) is 59.2 Å². The summed E-state index contributed by atoms with van der Waals surface area (Å²) in [6.07, 6.45) is 0.658. The van der Waals surface area contributed by atoms with Gasteiger partial charge in [0, 0.05) is 32.0 Å². The predicted octanol–water partition coefficient (Wildman–Crippen LogP) is 3.03. The molecule has 0 aromatic heterocycles. The fourth-order valence-corrected chi connectivity index (χ4v) is 3.29. The van der Waals surface area contributed by atoms with Gasteiger partial charge in [0.05, 0.1) is 13.7 Å². The summed E-state index contributed by atoms with van der Waals surface area (Å²) in [5.74, 6) is 2.12. The number of benzene rings is 2. The molecule has 128 valence electrons. The largest absolute Gasteiger partial charge is 0.497 e. The summed E-state index contributed by atoms with van der Waals surface area (Å²) in [5, 5.41) is 8.87. The lowest BCUT2D eigenvalue weighted by molar-refractivity contribution is 0.233. The molecule has 24 heavy (non-hydrogen) atoms. The third kappa shape index (κ3) is 3.71. The van der Waals surface area contributed by atoms with Crippen molar-refractivity contribution in [2.45, 2.75) is 18.9 Å². The van der Waals surface area contributed by atoms with Crippen LogP contribution < -0.4 is 9.47 Å². The summed E-state index contributed by atoms with van der Waals surface area (Å²) in [5.41, 5.74) is 3.98. The zero-order chi connectivity index (χ0) is 16.9. The highest BCUT2D eigenvalue weighted by atomic mass is 16.5. The second-order valence-electron chi connectivity index (χ2n) is 6.31. The highest BCUT2D eigenvalue weighted by Gasteiger charge is 2.25. The number of nitrogens with zero attached hydrogens (tertiary/aromatic N) is 1. The first-order chi connectivity index (χ1) is 11.7. The van der Waals surface area contributed by atoms with Crippen molar-refractivity contribution in [1.82, 2.24) is 4.90 Å². The molecule has 0 saturated heterocycles. The maximum Gasteiger partial charge on any atom is 0.119 e. The Kier molecular flexibility index (Phi) is 5.38. The summed E-state index contributed by atoms with van der Waals surface area (Å²) in [7, 11) is 3.84. The minimum atomic E-state index is 0.160. The maximum absolute atomic E-state index is 8.87. The fraction of sp³-hybridized carbons (Fsp3) is 0.400. The van der Waals surface area contributed by atoms with E-state index in [9.17, 15) is 0 Å². The van der Waals surface area contributed by atoms with Crippen LogP contribution in [0.2, 0.25) is 0 Å². The highest BCUT2D eigenvalue weighted by Crippen LogP contribution is 2.35. The zero-order valence-electron chi connectivity index (χ0n) is 14.4. The van der Waals surface area contributed by atoms with Crippen LogP contribution in [-0.2, 0) is 6.54 Å². The number of aliphatic hydroxyl groups is 1. The van der Waals surface area contributed by atoms with Gasteiger partial charge in [-0.2, -0.15) is 0 Å². The average Bonchev–Trinajstić information content (AvgIpc) is 2.61. The molecule has 0 saturated carbocycles. The Morgan fingerprint density at radius 1 is 1.12 bits per heavy atom. The van der Waals surface area contributed by atoms with E-state index < -0.39 is 0 Å². The Morgan fingerprint density at radius 3 is 2.58 bits per heavy atom. The van der Waals surface area contributed by atoms with Crippen molar-refractivity contribution in [2.75, 3.05) is 33.9 Å². The van der Waals surface area contributed by atoms with Gasteiger partial charge in [-0.15, -0.1) is 0 Å². The van der Waals surface area contributed by atoms with E-state index in [-0.39, 0.29) is 6.61 Å². The number of fused-ring (bicyclic) bond motifs is 1. The Morgan fingerprint density at radius 2 is 1.88 bits per heavy atom. The molecule has 0 bridgehead atoms. The molecule has 1 unspecified atom stereocenters. The first-order valence-corrected chi connectivity index (χ1v) is 8.40. The Labute approximate surface area is 143 Å². The van der Waals surface area contributed by atoms with Crippen LogP contribution in [0.15, 0.2) is 42.5 Å². The van der Waals surface area contributed by atoms with Crippen LogP contribution in [0, 0.1) is 0 Å². The number of methoxy groups -OCH3 is 1. The Bertz CT molecular complexity index is 669. The van der Waals surface area contributed by atoms with Crippen LogP contribution in [0.25, 0.3) is 0 Å². The van der Waals surface area contributed by atoms with Gasteiger partial charge < -0.3 is 19.5 Å². The number of hydrogen-bond donors (Lipinski definition) is 1. The molecule has 4 heteroatoms. The molecule has 0 fully saturated rings. The van der Waals surface area contributed by atoms with Crippen molar-refractivity contribution in [2.24, 2.45) is 0 Å². The van der Waals surface area contributed by atoms with Gasteiger partial charge in [-0.05, 0) is 48.0 Å². The second kappa shape index (κ2) is 7.69. The zero-order valence-corrected chi connectivity index (χ0v) is 14.4. The standard InChI is InChI=1S/C20H25NO3/c1-21-13-16-12-18(24-11-3-10-22)8-9-19(16)20(14-21)15-4-6-17(23-2)7-5-15/h4-9,12,20,22H,3,10-11,13-14H2,1-2H3. The van der Waals surface area contributed by atoms with E-state index >= 15 is 0 Å². The number of hydrogen-bond acceptors (Lipinski definition) is 4. The summed E-state index contributed by atoms with van der Waals surface area (Å²) >= 11 is 0. The third-order valence-corrected chi connectivity index (χ3v) is 4.51. The molecule has 0 spiro atoms. The average molecular weight is 327 g/mol. The summed E-state index contributed by atoms with van der Waals surface area (Å²) in [6, 6.07) is 14.7. The van der Waals surface area contributed by atoms with Crippen molar-refractivity contribution in [1.29, 1.82) is 0 Å². The van der Waals surface area contributed by atoms with Gasteiger partial charge >= 0.3 is 0 Å². The first kappa shape index (κ1) is 16.8. The number of ether oxygens (including phenoxy) is 2. The Hall–Kier alpha value is -2.04. The maximum atomic E-state index is 8.87. The minimum Gasteiger partial charge on any atom is -0.497 e.